The zero-order valence-electron chi connectivity index (χ0n) is 13.7. The highest BCUT2D eigenvalue weighted by Crippen LogP contribution is 2.35. The Morgan fingerprint density at radius 1 is 1.12 bits per heavy atom. The Labute approximate surface area is 140 Å². The fourth-order valence-corrected chi connectivity index (χ4v) is 4.25. The number of likely N-dealkylation sites (tertiary alicyclic amines) is 1. The van der Waals surface area contributed by atoms with E-state index in [-0.39, 0.29) is 17.0 Å². The van der Waals surface area contributed by atoms with Crippen LogP contribution in [0.15, 0.2) is 39.7 Å². The van der Waals surface area contributed by atoms with Crippen molar-refractivity contribution in [1.82, 2.24) is 9.88 Å². The van der Waals surface area contributed by atoms with Crippen LogP contribution in [0.5, 0.6) is 0 Å². The fourth-order valence-electron chi connectivity index (χ4n) is 4.25. The van der Waals surface area contributed by atoms with Crippen LogP contribution in [-0.4, -0.2) is 28.4 Å². The first-order valence-corrected chi connectivity index (χ1v) is 8.82. The number of aromatic amines is 1. The summed E-state index contributed by atoms with van der Waals surface area (Å²) in [4.78, 5) is 30.1. The van der Waals surface area contributed by atoms with E-state index < -0.39 is 0 Å². The second-order valence-corrected chi connectivity index (χ2v) is 6.84. The first-order valence-electron chi connectivity index (χ1n) is 8.82. The SMILES string of the molecule is O=C(c1ccc(-c2ccco2)[nH]c1=O)N1CCC[C@@H]2CCCC[C@H]21. The number of piperidine rings is 1. The molecule has 1 aliphatic carbocycles. The third kappa shape index (κ3) is 2.68. The molecule has 2 aliphatic rings. The van der Waals surface area contributed by atoms with Gasteiger partial charge >= 0.3 is 0 Å². The summed E-state index contributed by atoms with van der Waals surface area (Å²) in [5.74, 6) is 1.08. The molecule has 1 saturated heterocycles. The summed E-state index contributed by atoms with van der Waals surface area (Å²) in [7, 11) is 0. The second-order valence-electron chi connectivity index (χ2n) is 6.84. The summed E-state index contributed by atoms with van der Waals surface area (Å²) in [6, 6.07) is 7.23. The maximum Gasteiger partial charge on any atom is 0.261 e. The van der Waals surface area contributed by atoms with Crippen molar-refractivity contribution in [2.45, 2.75) is 44.6 Å². The number of amides is 1. The topological polar surface area (TPSA) is 66.3 Å². The summed E-state index contributed by atoms with van der Waals surface area (Å²) in [5.41, 5.74) is 0.485. The number of nitrogens with zero attached hydrogens (tertiary/aromatic N) is 1. The number of carbonyl (C=O) groups excluding carboxylic acids is 1. The lowest BCUT2D eigenvalue weighted by molar-refractivity contribution is 0.0389. The van der Waals surface area contributed by atoms with E-state index in [0.29, 0.717) is 23.4 Å². The molecule has 0 bridgehead atoms. The van der Waals surface area contributed by atoms with E-state index in [0.717, 1.165) is 19.4 Å². The van der Waals surface area contributed by atoms with E-state index in [4.69, 9.17) is 4.42 Å². The molecule has 2 aromatic rings. The third-order valence-corrected chi connectivity index (χ3v) is 5.43. The average Bonchev–Trinajstić information content (AvgIpc) is 3.15. The molecule has 126 valence electrons. The number of aromatic nitrogens is 1. The Morgan fingerprint density at radius 3 is 2.75 bits per heavy atom. The molecule has 3 heterocycles. The predicted octanol–water partition coefficient (Wildman–Crippen LogP) is 3.43. The lowest BCUT2D eigenvalue weighted by Gasteiger charge is -2.44. The molecule has 2 atom stereocenters. The Bertz CT molecular complexity index is 776. The number of nitrogens with one attached hydrogen (secondary N) is 1. The summed E-state index contributed by atoms with van der Waals surface area (Å²) >= 11 is 0. The quantitative estimate of drug-likeness (QED) is 0.919. The molecule has 2 fully saturated rings. The molecule has 24 heavy (non-hydrogen) atoms. The van der Waals surface area contributed by atoms with Crippen molar-refractivity contribution in [2.75, 3.05) is 6.54 Å². The minimum atomic E-state index is -0.341. The van der Waals surface area contributed by atoms with Gasteiger partial charge in [0.05, 0.1) is 12.0 Å². The summed E-state index contributed by atoms with van der Waals surface area (Å²) < 4.78 is 5.30. The smallest absolute Gasteiger partial charge is 0.261 e. The molecule has 0 spiro atoms. The molecule has 1 amide bonds. The van der Waals surface area contributed by atoms with Crippen molar-refractivity contribution >= 4 is 5.91 Å². The van der Waals surface area contributed by atoms with Crippen LogP contribution < -0.4 is 5.56 Å². The van der Waals surface area contributed by atoms with Crippen LogP contribution in [0.2, 0.25) is 0 Å². The third-order valence-electron chi connectivity index (χ3n) is 5.43. The molecular formula is C19H22N2O3. The largest absolute Gasteiger partial charge is 0.463 e. The molecule has 0 radical (unpaired) electrons. The molecule has 1 N–H and O–H groups in total. The fraction of sp³-hybridized carbons (Fsp3) is 0.474. The van der Waals surface area contributed by atoms with Gasteiger partial charge in [0, 0.05) is 12.6 Å². The molecule has 1 saturated carbocycles. The van der Waals surface area contributed by atoms with Crippen LogP contribution in [0, 0.1) is 5.92 Å². The molecule has 5 nitrogen and oxygen atoms in total. The van der Waals surface area contributed by atoms with E-state index in [2.05, 4.69) is 4.98 Å². The number of furan rings is 1. The average molecular weight is 326 g/mol. The van der Waals surface area contributed by atoms with Gasteiger partial charge in [-0.3, -0.25) is 9.59 Å². The van der Waals surface area contributed by atoms with Gasteiger partial charge in [0.2, 0.25) is 0 Å². The van der Waals surface area contributed by atoms with Gasteiger partial charge in [-0.2, -0.15) is 0 Å². The predicted molar refractivity (Wildman–Crippen MR) is 90.8 cm³/mol. The number of pyridine rings is 1. The normalized spacial score (nSPS) is 23.8. The van der Waals surface area contributed by atoms with E-state index >= 15 is 0 Å². The minimum Gasteiger partial charge on any atom is -0.463 e. The maximum absolute atomic E-state index is 13.0. The van der Waals surface area contributed by atoms with Gasteiger partial charge in [0.1, 0.15) is 11.3 Å². The van der Waals surface area contributed by atoms with Gasteiger partial charge in [-0.25, -0.2) is 0 Å². The van der Waals surface area contributed by atoms with Crippen molar-refractivity contribution in [3.63, 3.8) is 0 Å². The van der Waals surface area contributed by atoms with Gasteiger partial charge in [0.25, 0.3) is 11.5 Å². The van der Waals surface area contributed by atoms with Gasteiger partial charge in [0.15, 0.2) is 0 Å². The Balaban J connectivity index is 1.61. The van der Waals surface area contributed by atoms with Gasteiger partial charge in [-0.05, 0) is 55.9 Å². The molecule has 2 aromatic heterocycles. The van der Waals surface area contributed by atoms with Gasteiger partial charge in [-0.15, -0.1) is 0 Å². The maximum atomic E-state index is 13.0. The summed E-state index contributed by atoms with van der Waals surface area (Å²) in [6.45, 7) is 0.763. The highest BCUT2D eigenvalue weighted by Gasteiger charge is 2.36. The zero-order valence-corrected chi connectivity index (χ0v) is 13.7. The highest BCUT2D eigenvalue weighted by atomic mass is 16.3. The van der Waals surface area contributed by atoms with Crippen LogP contribution in [0.4, 0.5) is 0 Å². The number of fused-ring (bicyclic) bond motifs is 1. The summed E-state index contributed by atoms with van der Waals surface area (Å²) in [6.07, 6.45) is 8.53. The van der Waals surface area contributed by atoms with Gasteiger partial charge < -0.3 is 14.3 Å². The van der Waals surface area contributed by atoms with Crippen molar-refractivity contribution in [1.29, 1.82) is 0 Å². The standard InChI is InChI=1S/C19H22N2O3/c22-18-14(9-10-15(20-18)17-8-4-12-24-17)19(23)21-11-3-6-13-5-1-2-7-16(13)21/h4,8-10,12-13,16H,1-3,5-7,11H2,(H,20,22)/t13-,16+/m0/s1. The summed E-state index contributed by atoms with van der Waals surface area (Å²) in [5, 5.41) is 0. The zero-order chi connectivity index (χ0) is 16.5. The lowest BCUT2D eigenvalue weighted by atomic mass is 9.78. The number of H-pyrrole nitrogens is 1. The van der Waals surface area contributed by atoms with Crippen molar-refractivity contribution < 1.29 is 9.21 Å². The Hall–Kier alpha value is -2.30. The first kappa shape index (κ1) is 15.2. The van der Waals surface area contributed by atoms with Crippen LogP contribution in [-0.2, 0) is 0 Å². The lowest BCUT2D eigenvalue weighted by Crippen LogP contribution is -2.50. The van der Waals surface area contributed by atoms with Gasteiger partial charge in [-0.1, -0.05) is 12.8 Å². The monoisotopic (exact) mass is 326 g/mol. The van der Waals surface area contributed by atoms with E-state index in [1.165, 1.54) is 25.7 Å². The van der Waals surface area contributed by atoms with Crippen molar-refractivity contribution in [2.24, 2.45) is 5.92 Å². The van der Waals surface area contributed by atoms with E-state index in [9.17, 15) is 9.59 Å². The number of hydrogen-bond donors (Lipinski definition) is 1. The Kier molecular flexibility index (Phi) is 4.00. The highest BCUT2D eigenvalue weighted by molar-refractivity contribution is 5.94. The van der Waals surface area contributed by atoms with Crippen molar-refractivity contribution in [3.05, 3.63) is 46.4 Å². The first-order chi connectivity index (χ1) is 11.7. The number of rotatable bonds is 2. The van der Waals surface area contributed by atoms with Crippen LogP contribution in [0.25, 0.3) is 11.5 Å². The van der Waals surface area contributed by atoms with E-state index in [1.807, 2.05) is 4.90 Å². The number of hydrogen-bond acceptors (Lipinski definition) is 3. The van der Waals surface area contributed by atoms with Crippen LogP contribution in [0.1, 0.15) is 48.9 Å². The van der Waals surface area contributed by atoms with Crippen molar-refractivity contribution in [3.8, 4) is 11.5 Å². The Morgan fingerprint density at radius 2 is 1.96 bits per heavy atom. The molecule has 0 aromatic carbocycles. The van der Waals surface area contributed by atoms with Crippen LogP contribution >= 0.6 is 0 Å². The van der Waals surface area contributed by atoms with Crippen LogP contribution in [0.3, 0.4) is 0 Å². The molecule has 1 aliphatic heterocycles. The molecule has 5 heteroatoms. The number of carbonyl (C=O) groups is 1. The molecular weight excluding hydrogens is 304 g/mol. The second kappa shape index (κ2) is 6.30. The minimum absolute atomic E-state index is 0.126. The molecule has 0 unspecified atom stereocenters. The molecule has 4 rings (SSSR count). The van der Waals surface area contributed by atoms with E-state index in [1.54, 1.807) is 30.5 Å².